The van der Waals surface area contributed by atoms with E-state index in [2.05, 4.69) is 97.0 Å². The molecule has 3 rings (SSSR count). The van der Waals surface area contributed by atoms with Gasteiger partial charge in [0.15, 0.2) is 6.10 Å². The Hall–Kier alpha value is -3.73. The van der Waals surface area contributed by atoms with E-state index in [0.717, 1.165) is 72.1 Å². The van der Waals surface area contributed by atoms with Gasteiger partial charge in [-0.25, -0.2) is 4.79 Å². The molecule has 0 aromatic heterocycles. The summed E-state index contributed by atoms with van der Waals surface area (Å²) in [5, 5.41) is 15.8. The van der Waals surface area contributed by atoms with E-state index in [1.54, 1.807) is 14.0 Å². The lowest BCUT2D eigenvalue weighted by molar-refractivity contribution is -0.176. The van der Waals surface area contributed by atoms with E-state index in [0.29, 0.717) is 19.3 Å². The number of allylic oxidation sites excluding steroid dienone is 10. The Labute approximate surface area is 309 Å². The highest BCUT2D eigenvalue weighted by Gasteiger charge is 2.37. The number of ether oxygens (including phenoxy) is 2. The van der Waals surface area contributed by atoms with Crippen molar-refractivity contribution >= 4 is 27.5 Å². The zero-order valence-corrected chi connectivity index (χ0v) is 33.0. The molecule has 0 aliphatic rings. The fourth-order valence-corrected chi connectivity index (χ4v) is 6.64. The highest BCUT2D eigenvalue weighted by molar-refractivity contribution is 6.05. The molecular weight excluding hydrogens is 629 g/mol. The van der Waals surface area contributed by atoms with Crippen molar-refractivity contribution in [2.45, 2.75) is 137 Å². The monoisotopic (exact) mass is 692 g/mol. The summed E-state index contributed by atoms with van der Waals surface area (Å²) < 4.78 is 12.2. The molecule has 0 aliphatic carbocycles. The van der Waals surface area contributed by atoms with Crippen LogP contribution >= 0.6 is 0 Å². The molecule has 0 fully saturated rings. The number of aliphatic hydroxyl groups is 1. The van der Waals surface area contributed by atoms with Gasteiger partial charge >= 0.3 is 5.97 Å². The lowest BCUT2D eigenvalue weighted by Crippen LogP contribution is -2.43. The lowest BCUT2D eigenvalue weighted by atomic mass is 9.88. The van der Waals surface area contributed by atoms with Crippen molar-refractivity contribution in [2.75, 3.05) is 7.11 Å². The molecule has 3 atom stereocenters. The third kappa shape index (κ3) is 13.7. The third-order valence-electron chi connectivity index (χ3n) is 9.76. The Morgan fingerprint density at radius 3 is 1.69 bits per heavy atom. The van der Waals surface area contributed by atoms with Crippen LogP contribution in [0.2, 0.25) is 0 Å². The van der Waals surface area contributed by atoms with Crippen molar-refractivity contribution in [2.24, 2.45) is 0 Å². The Morgan fingerprint density at radius 1 is 0.686 bits per heavy atom. The van der Waals surface area contributed by atoms with Gasteiger partial charge in [-0.2, -0.15) is 0 Å². The molecule has 276 valence electrons. The van der Waals surface area contributed by atoms with Crippen LogP contribution in [0.1, 0.15) is 131 Å². The fourth-order valence-electron chi connectivity index (χ4n) is 6.64. The second kappa shape index (κ2) is 21.0. The van der Waals surface area contributed by atoms with Gasteiger partial charge in [0.05, 0.1) is 5.60 Å². The molecule has 0 saturated carbocycles. The average molecular weight is 693 g/mol. The molecule has 0 aliphatic heterocycles. The van der Waals surface area contributed by atoms with Crippen LogP contribution in [0.4, 0.5) is 0 Å². The molecule has 1 N–H and O–H groups in total. The highest BCUT2D eigenvalue weighted by Crippen LogP contribution is 2.36. The predicted molar refractivity (Wildman–Crippen MR) is 218 cm³/mol. The molecular formula is C47H64O4. The molecule has 0 amide bonds. The maximum Gasteiger partial charge on any atom is 0.340 e. The van der Waals surface area contributed by atoms with Crippen LogP contribution in [0.25, 0.3) is 21.5 Å². The first-order valence-electron chi connectivity index (χ1n) is 18.9. The van der Waals surface area contributed by atoms with Crippen molar-refractivity contribution in [3.63, 3.8) is 0 Å². The molecule has 0 spiro atoms. The van der Waals surface area contributed by atoms with Crippen LogP contribution in [-0.2, 0) is 14.3 Å². The maximum atomic E-state index is 14.1. The smallest absolute Gasteiger partial charge is 0.340 e. The average Bonchev–Trinajstić information content (AvgIpc) is 3.08. The van der Waals surface area contributed by atoms with Gasteiger partial charge in [0.1, 0.15) is 6.10 Å². The van der Waals surface area contributed by atoms with E-state index in [4.69, 9.17) is 9.47 Å². The molecule has 0 bridgehead atoms. The largest absolute Gasteiger partial charge is 0.457 e. The van der Waals surface area contributed by atoms with Crippen molar-refractivity contribution in [3.05, 3.63) is 118 Å². The quantitative estimate of drug-likeness (QED) is 0.0554. The predicted octanol–water partition coefficient (Wildman–Crippen LogP) is 13.0. The number of methoxy groups -OCH3 is 1. The van der Waals surface area contributed by atoms with Gasteiger partial charge in [0, 0.05) is 12.7 Å². The van der Waals surface area contributed by atoms with Crippen LogP contribution in [0.5, 0.6) is 0 Å². The molecule has 0 radical (unpaired) electrons. The number of carbonyl (C=O) groups is 1. The molecule has 0 saturated heterocycles. The van der Waals surface area contributed by atoms with Crippen molar-refractivity contribution in [1.29, 1.82) is 0 Å². The number of rotatable bonds is 20. The number of unbranched alkanes of at least 4 members (excludes halogenated alkanes) is 1. The van der Waals surface area contributed by atoms with Crippen LogP contribution < -0.4 is 0 Å². The lowest BCUT2D eigenvalue weighted by Gasteiger charge is -2.34. The standard InChI is InChI=1S/C47H64O4/c1-34(2)19-16-23-37(6)25-17-24-36(5)21-10-11-22-38(7)30-31-43(47(8,49)32-18-20-35(3)4)51-46(48)45(50-9)44-41-28-14-12-26-39(41)33-40-27-13-15-29-42(40)44/h12-15,19-22,25-29,33,43,45,49H,10-11,16-18,23-24,30-32H2,1-9H3/b36-21+,37-25+,38-22+/t43-,45+,47+/m1/s1. The van der Waals surface area contributed by atoms with Crippen molar-refractivity contribution in [3.8, 4) is 0 Å². The Bertz CT molecular complexity index is 1670. The number of fused-ring (bicyclic) bond motifs is 2. The van der Waals surface area contributed by atoms with E-state index in [-0.39, 0.29) is 0 Å². The topological polar surface area (TPSA) is 55.8 Å². The Balaban J connectivity index is 1.70. The summed E-state index contributed by atoms with van der Waals surface area (Å²) in [5.41, 5.74) is 6.31. The minimum Gasteiger partial charge on any atom is -0.457 e. The molecule has 51 heavy (non-hydrogen) atoms. The number of hydrogen-bond acceptors (Lipinski definition) is 4. The normalized spacial score (nSPS) is 15.0. The van der Waals surface area contributed by atoms with Gasteiger partial charge in [-0.15, -0.1) is 0 Å². The van der Waals surface area contributed by atoms with Gasteiger partial charge in [0.2, 0.25) is 0 Å². The van der Waals surface area contributed by atoms with Gasteiger partial charge in [0.25, 0.3) is 0 Å². The van der Waals surface area contributed by atoms with Crippen LogP contribution in [-0.4, -0.2) is 29.9 Å². The molecule has 3 aromatic rings. The summed E-state index contributed by atoms with van der Waals surface area (Å²) >= 11 is 0. The van der Waals surface area contributed by atoms with Gasteiger partial charge in [-0.3, -0.25) is 0 Å². The molecule has 0 heterocycles. The number of esters is 1. The first kappa shape index (κ1) is 41.7. The van der Waals surface area contributed by atoms with Crippen molar-refractivity contribution < 1.29 is 19.4 Å². The summed E-state index contributed by atoms with van der Waals surface area (Å²) in [6.45, 7) is 16.8. The summed E-state index contributed by atoms with van der Waals surface area (Å²) in [4.78, 5) is 14.1. The second-order valence-corrected chi connectivity index (χ2v) is 15.1. The van der Waals surface area contributed by atoms with Gasteiger partial charge < -0.3 is 14.6 Å². The minimum absolute atomic E-state index is 0.480. The maximum absolute atomic E-state index is 14.1. The SMILES string of the molecule is CO[C@H](C(=O)O[C@H](CC/C(C)=C/CC/C=C(\C)CC/C=C(\C)CCC=C(C)C)[C@@](C)(O)CCC=C(C)C)c1c2ccccc2cc2ccccc12. The van der Waals surface area contributed by atoms with Gasteiger partial charge in [-0.1, -0.05) is 107 Å². The zero-order chi connectivity index (χ0) is 37.4. The number of benzene rings is 3. The molecule has 4 nitrogen and oxygen atoms in total. The number of hydrogen-bond donors (Lipinski definition) is 1. The zero-order valence-electron chi connectivity index (χ0n) is 33.0. The van der Waals surface area contributed by atoms with E-state index >= 15 is 0 Å². The third-order valence-corrected chi connectivity index (χ3v) is 9.76. The van der Waals surface area contributed by atoms with Crippen LogP contribution in [0, 0.1) is 0 Å². The minimum atomic E-state index is -1.21. The fraction of sp³-hybridized carbons (Fsp3) is 0.468. The summed E-state index contributed by atoms with van der Waals surface area (Å²) in [6, 6.07) is 18.3. The molecule has 3 aromatic carbocycles. The first-order chi connectivity index (χ1) is 24.3. The Kier molecular flexibility index (Phi) is 17.1. The highest BCUT2D eigenvalue weighted by atomic mass is 16.6. The first-order valence-corrected chi connectivity index (χ1v) is 18.9. The summed E-state index contributed by atoms with van der Waals surface area (Å²) in [6.07, 6.45) is 18.7. The van der Waals surface area contributed by atoms with Crippen molar-refractivity contribution in [1.82, 2.24) is 0 Å². The number of carbonyl (C=O) groups excluding carboxylic acids is 1. The summed E-state index contributed by atoms with van der Waals surface area (Å²) in [5.74, 6) is -0.480. The molecule has 0 unspecified atom stereocenters. The van der Waals surface area contributed by atoms with E-state index in [1.807, 2.05) is 36.4 Å². The summed E-state index contributed by atoms with van der Waals surface area (Å²) in [7, 11) is 1.55. The Morgan fingerprint density at radius 2 is 1.16 bits per heavy atom. The molecule has 4 heteroatoms. The van der Waals surface area contributed by atoms with Crippen LogP contribution in [0.3, 0.4) is 0 Å². The van der Waals surface area contributed by atoms with Gasteiger partial charge in [-0.05, 0) is 147 Å². The van der Waals surface area contributed by atoms with E-state index in [1.165, 1.54) is 27.9 Å². The second-order valence-electron chi connectivity index (χ2n) is 15.1. The van der Waals surface area contributed by atoms with Crippen LogP contribution in [0.15, 0.2) is 113 Å². The van der Waals surface area contributed by atoms with E-state index in [9.17, 15) is 9.90 Å². The van der Waals surface area contributed by atoms with E-state index < -0.39 is 23.8 Å².